The lowest BCUT2D eigenvalue weighted by molar-refractivity contribution is -0.137. The number of carbonyl (C=O) groups is 2. The van der Waals surface area contributed by atoms with Crippen LogP contribution in [0.2, 0.25) is 0 Å². The van der Waals surface area contributed by atoms with Gasteiger partial charge in [0.15, 0.2) is 0 Å². The molecule has 3 N–H and O–H groups in total. The first kappa shape index (κ1) is 21.6. The molecule has 0 aliphatic heterocycles. The van der Waals surface area contributed by atoms with E-state index in [-0.39, 0.29) is 30.5 Å². The summed E-state index contributed by atoms with van der Waals surface area (Å²) in [5.74, 6) is -1.32. The molecular formula is C20H32O5. The molecule has 5 nitrogen and oxygen atoms in total. The van der Waals surface area contributed by atoms with Crippen molar-refractivity contribution in [2.24, 2.45) is 11.8 Å². The maximum Gasteiger partial charge on any atom is 0.303 e. The summed E-state index contributed by atoms with van der Waals surface area (Å²) in [5.41, 5.74) is 0. The lowest BCUT2D eigenvalue weighted by Gasteiger charge is -2.16. The van der Waals surface area contributed by atoms with Gasteiger partial charge in [-0.2, -0.15) is 0 Å². The van der Waals surface area contributed by atoms with Crippen LogP contribution in [0, 0.1) is 11.8 Å². The van der Waals surface area contributed by atoms with Crippen molar-refractivity contribution in [2.75, 3.05) is 0 Å². The number of hydrogen-bond donors (Lipinski definition) is 3. The van der Waals surface area contributed by atoms with Gasteiger partial charge in [0.05, 0.1) is 12.2 Å². The lowest BCUT2D eigenvalue weighted by atomic mass is 9.90. The van der Waals surface area contributed by atoms with E-state index in [1.807, 2.05) is 6.08 Å². The van der Waals surface area contributed by atoms with Crippen LogP contribution in [0.5, 0.6) is 0 Å². The highest BCUT2D eigenvalue weighted by molar-refractivity contribution is 5.84. The minimum absolute atomic E-state index is 0.0287. The Kier molecular flexibility index (Phi) is 10.3. The van der Waals surface area contributed by atoms with Crippen molar-refractivity contribution in [3.05, 3.63) is 24.3 Å². The second-order valence-electron chi connectivity index (χ2n) is 6.86. The number of aliphatic carboxylic acids is 1. The second-order valence-corrected chi connectivity index (χ2v) is 6.86. The minimum Gasteiger partial charge on any atom is -0.481 e. The number of carboxylic acids is 1. The van der Waals surface area contributed by atoms with Crippen LogP contribution >= 0.6 is 0 Å². The first-order chi connectivity index (χ1) is 12.0. The monoisotopic (exact) mass is 352 g/mol. The molecule has 1 unspecified atom stereocenters. The number of ketones is 1. The molecule has 5 heteroatoms. The summed E-state index contributed by atoms with van der Waals surface area (Å²) < 4.78 is 0. The molecule has 25 heavy (non-hydrogen) atoms. The van der Waals surface area contributed by atoms with E-state index in [9.17, 15) is 19.8 Å². The van der Waals surface area contributed by atoms with Gasteiger partial charge in [-0.3, -0.25) is 9.59 Å². The molecule has 1 fully saturated rings. The number of hydrogen-bond acceptors (Lipinski definition) is 4. The van der Waals surface area contributed by atoms with Gasteiger partial charge in [-0.1, -0.05) is 44.1 Å². The van der Waals surface area contributed by atoms with E-state index >= 15 is 0 Å². The predicted octanol–water partition coefficient (Wildman–Crippen LogP) is 3.25. The number of carbonyl (C=O) groups excluding carboxylic acids is 1. The third-order valence-electron chi connectivity index (χ3n) is 4.71. The largest absolute Gasteiger partial charge is 0.481 e. The Bertz CT molecular complexity index is 469. The smallest absolute Gasteiger partial charge is 0.303 e. The van der Waals surface area contributed by atoms with Gasteiger partial charge in [0.25, 0.3) is 0 Å². The molecule has 0 aromatic carbocycles. The molecule has 4 atom stereocenters. The number of allylic oxidation sites excluding steroid dienone is 2. The topological polar surface area (TPSA) is 94.8 Å². The fourth-order valence-electron chi connectivity index (χ4n) is 3.22. The Morgan fingerprint density at radius 1 is 1.28 bits per heavy atom. The normalized spacial score (nSPS) is 25.2. The molecule has 0 bridgehead atoms. The maximum atomic E-state index is 12.1. The number of rotatable bonds is 12. The van der Waals surface area contributed by atoms with E-state index in [0.29, 0.717) is 19.3 Å². The molecule has 1 aliphatic carbocycles. The second kappa shape index (κ2) is 12.0. The van der Waals surface area contributed by atoms with E-state index in [2.05, 4.69) is 13.0 Å². The zero-order valence-electron chi connectivity index (χ0n) is 15.1. The Labute approximate surface area is 150 Å². The number of carboxylic acid groups (broad SMARTS) is 1. The number of unbranched alkanes of at least 4 members (excludes halogenated alkanes) is 3. The first-order valence-corrected chi connectivity index (χ1v) is 9.39. The van der Waals surface area contributed by atoms with Crippen molar-refractivity contribution < 1.29 is 24.9 Å². The highest BCUT2D eigenvalue weighted by atomic mass is 16.4. The molecule has 0 amide bonds. The van der Waals surface area contributed by atoms with Crippen LogP contribution in [0.15, 0.2) is 24.3 Å². The third kappa shape index (κ3) is 8.45. The molecule has 1 saturated carbocycles. The molecule has 1 aliphatic rings. The summed E-state index contributed by atoms with van der Waals surface area (Å²) in [7, 11) is 0. The summed E-state index contributed by atoms with van der Waals surface area (Å²) in [6, 6.07) is 0. The molecule has 0 heterocycles. The SMILES string of the molecule is CCCCC/C=C\C[C@H]1C(=O)C[C@@H](O)C1/C=C/[C@H](O)CCCC(=O)O. The molecule has 142 valence electrons. The molecular weight excluding hydrogens is 320 g/mol. The van der Waals surface area contributed by atoms with Gasteiger partial charge in [-0.15, -0.1) is 0 Å². The van der Waals surface area contributed by atoms with Gasteiger partial charge in [0.2, 0.25) is 0 Å². The van der Waals surface area contributed by atoms with E-state index in [4.69, 9.17) is 5.11 Å². The van der Waals surface area contributed by atoms with Crippen molar-refractivity contribution in [3.8, 4) is 0 Å². The van der Waals surface area contributed by atoms with Crippen LogP contribution < -0.4 is 0 Å². The fourth-order valence-corrected chi connectivity index (χ4v) is 3.22. The average Bonchev–Trinajstić information content (AvgIpc) is 2.81. The maximum absolute atomic E-state index is 12.1. The molecule has 0 aromatic rings. The Hall–Kier alpha value is -1.46. The molecule has 0 aromatic heterocycles. The minimum atomic E-state index is -0.876. The summed E-state index contributed by atoms with van der Waals surface area (Å²) in [6.07, 6.45) is 12.1. The van der Waals surface area contributed by atoms with Crippen molar-refractivity contribution in [1.29, 1.82) is 0 Å². The van der Waals surface area contributed by atoms with E-state index in [0.717, 1.165) is 12.8 Å². The quantitative estimate of drug-likeness (QED) is 0.370. The third-order valence-corrected chi connectivity index (χ3v) is 4.71. The fraction of sp³-hybridized carbons (Fsp3) is 0.700. The van der Waals surface area contributed by atoms with Gasteiger partial charge >= 0.3 is 5.97 Å². The van der Waals surface area contributed by atoms with Gasteiger partial charge in [-0.05, 0) is 32.1 Å². The summed E-state index contributed by atoms with van der Waals surface area (Å²) in [5, 5.41) is 28.6. The van der Waals surface area contributed by atoms with Crippen LogP contribution in [-0.2, 0) is 9.59 Å². The molecule has 0 saturated heterocycles. The van der Waals surface area contributed by atoms with E-state index < -0.39 is 18.2 Å². The highest BCUT2D eigenvalue weighted by Gasteiger charge is 2.39. The van der Waals surface area contributed by atoms with Crippen LogP contribution in [-0.4, -0.2) is 39.3 Å². The lowest BCUT2D eigenvalue weighted by Crippen LogP contribution is -2.18. The van der Waals surface area contributed by atoms with Gasteiger partial charge in [0.1, 0.15) is 5.78 Å². The van der Waals surface area contributed by atoms with Crippen LogP contribution in [0.25, 0.3) is 0 Å². The summed E-state index contributed by atoms with van der Waals surface area (Å²) in [6.45, 7) is 2.16. The Morgan fingerprint density at radius 2 is 2.04 bits per heavy atom. The summed E-state index contributed by atoms with van der Waals surface area (Å²) in [4.78, 5) is 22.6. The van der Waals surface area contributed by atoms with Crippen LogP contribution in [0.4, 0.5) is 0 Å². The molecule has 0 radical (unpaired) electrons. The Morgan fingerprint density at radius 3 is 2.72 bits per heavy atom. The van der Waals surface area contributed by atoms with Crippen LogP contribution in [0.3, 0.4) is 0 Å². The average molecular weight is 352 g/mol. The van der Waals surface area contributed by atoms with Crippen molar-refractivity contribution >= 4 is 11.8 Å². The van der Waals surface area contributed by atoms with Gasteiger partial charge < -0.3 is 15.3 Å². The summed E-state index contributed by atoms with van der Waals surface area (Å²) >= 11 is 0. The van der Waals surface area contributed by atoms with Crippen LogP contribution in [0.1, 0.15) is 64.7 Å². The van der Waals surface area contributed by atoms with Crippen molar-refractivity contribution in [3.63, 3.8) is 0 Å². The zero-order chi connectivity index (χ0) is 18.7. The first-order valence-electron chi connectivity index (χ1n) is 9.39. The van der Waals surface area contributed by atoms with E-state index in [1.165, 1.54) is 12.8 Å². The number of aliphatic hydroxyl groups is 2. The standard InChI is InChI=1S/C20H32O5/c1-2-3-4-5-6-7-10-16-17(19(23)14-18(16)22)13-12-15(21)9-8-11-20(24)25/h6-7,12-13,15-17,19,21,23H,2-5,8-11,14H2,1H3,(H,24,25)/b7-6-,13-12+/t15-,16-,17?,19-/m1/s1. The number of Topliss-reactive ketones (excluding diaryl/α,β-unsaturated/α-hetero) is 1. The molecule has 0 spiro atoms. The number of aliphatic hydroxyl groups excluding tert-OH is 2. The van der Waals surface area contributed by atoms with Gasteiger partial charge in [0, 0.05) is 24.7 Å². The van der Waals surface area contributed by atoms with Gasteiger partial charge in [-0.25, -0.2) is 0 Å². The van der Waals surface area contributed by atoms with Crippen molar-refractivity contribution in [1.82, 2.24) is 0 Å². The van der Waals surface area contributed by atoms with E-state index in [1.54, 1.807) is 12.2 Å². The Balaban J connectivity index is 2.49. The highest BCUT2D eigenvalue weighted by Crippen LogP contribution is 2.33. The molecule has 1 rings (SSSR count). The zero-order valence-corrected chi connectivity index (χ0v) is 15.1. The predicted molar refractivity (Wildman–Crippen MR) is 97.1 cm³/mol. The van der Waals surface area contributed by atoms with Crippen molar-refractivity contribution in [2.45, 2.75) is 76.9 Å².